The third-order valence-corrected chi connectivity index (χ3v) is 2.27. The molecular weight excluding hydrogens is 481 g/mol. The van der Waals surface area contributed by atoms with E-state index < -0.39 is 36.2 Å². The summed E-state index contributed by atoms with van der Waals surface area (Å²) in [7, 11) is 0. The van der Waals surface area contributed by atoms with Gasteiger partial charge in [-0.1, -0.05) is 0 Å². The average molecular weight is 504 g/mol. The van der Waals surface area contributed by atoms with Crippen molar-refractivity contribution in [3.05, 3.63) is 0 Å². The summed E-state index contributed by atoms with van der Waals surface area (Å²) in [6.07, 6.45) is -3.63. The molecule has 0 aliphatic heterocycles. The molecule has 0 heterocycles. The zero-order chi connectivity index (χ0) is 16.2. The van der Waals surface area contributed by atoms with E-state index in [1.54, 1.807) is 0 Å². The molecule has 0 saturated carbocycles. The molecule has 0 bridgehead atoms. The summed E-state index contributed by atoms with van der Waals surface area (Å²) in [5.41, 5.74) is 0. The molecule has 0 aliphatic carbocycles. The van der Waals surface area contributed by atoms with E-state index in [0.717, 1.165) is 13.8 Å². The monoisotopic (exact) mass is 505 g/mol. The van der Waals surface area contributed by atoms with Crippen LogP contribution in [0, 0.1) is 0 Å². The fourth-order valence-corrected chi connectivity index (χ4v) is 1.06. The number of carbonyl (C=O) groups excluding carboxylic acids is 3. The Morgan fingerprint density at radius 2 is 1.05 bits per heavy atom. The average Bonchev–Trinajstić information content (AvgIpc) is 2.29. The second-order valence-corrected chi connectivity index (χ2v) is 4.25. The number of carboxylic acids is 2. The molecule has 0 spiro atoms. The van der Waals surface area contributed by atoms with Crippen molar-refractivity contribution in [3.8, 4) is 0 Å². The van der Waals surface area contributed by atoms with Crippen LogP contribution in [-0.2, 0) is 43.6 Å². The van der Waals surface area contributed by atoms with Gasteiger partial charge in [-0.05, 0) is 13.8 Å². The molecular formula is C9H23HgN2O9. The first-order valence-corrected chi connectivity index (χ1v) is 7.13. The molecule has 0 aromatic rings. The van der Waals surface area contributed by atoms with E-state index >= 15 is 0 Å². The first-order valence-electron chi connectivity index (χ1n) is 4.89. The molecule has 3 atom stereocenters. The van der Waals surface area contributed by atoms with Crippen LogP contribution in [-0.4, -0.2) is 51.5 Å². The van der Waals surface area contributed by atoms with E-state index in [0.29, 0.717) is 0 Å². The largest absolute Gasteiger partial charge is 0.369 e. The molecule has 0 saturated heterocycles. The molecule has 12 heteroatoms. The van der Waals surface area contributed by atoms with Crippen LogP contribution in [0.4, 0.5) is 0 Å². The van der Waals surface area contributed by atoms with Crippen molar-refractivity contribution in [2.45, 2.75) is 39.1 Å². The smallest absolute Gasteiger partial charge is 0.369 e. The van der Waals surface area contributed by atoms with Crippen molar-refractivity contribution in [3.63, 3.8) is 0 Å². The molecule has 0 aliphatic rings. The summed E-state index contributed by atoms with van der Waals surface area (Å²) in [4.78, 5) is 28.8. The van der Waals surface area contributed by atoms with Crippen LogP contribution < -0.4 is 22.5 Å². The Morgan fingerprint density at radius 3 is 1.05 bits per heavy atom. The van der Waals surface area contributed by atoms with Crippen molar-refractivity contribution < 1.29 is 69.1 Å². The number of aliphatic hydroxyl groups excluding tert-OH is 3. The van der Waals surface area contributed by atoms with Gasteiger partial charge in [0, 0.05) is 0 Å². The predicted molar refractivity (Wildman–Crippen MR) is 63.1 cm³/mol. The van der Waals surface area contributed by atoms with E-state index in [1.807, 2.05) is 0 Å². The zero-order valence-corrected chi connectivity index (χ0v) is 18.2. The molecule has 21 heavy (non-hydrogen) atoms. The number of rotatable bonds is 3. The van der Waals surface area contributed by atoms with Gasteiger partial charge in [-0.15, -0.1) is 0 Å². The van der Waals surface area contributed by atoms with Gasteiger partial charge in [0.25, 0.3) is 0 Å². The van der Waals surface area contributed by atoms with Crippen LogP contribution >= 0.6 is 0 Å². The number of aliphatic hydroxyl groups is 3. The van der Waals surface area contributed by atoms with Crippen LogP contribution in [0.25, 0.3) is 0 Å². The van der Waals surface area contributed by atoms with Crippen molar-refractivity contribution in [2.75, 3.05) is 0 Å². The van der Waals surface area contributed by atoms with E-state index in [-0.39, 0.29) is 38.9 Å². The maximum absolute atomic E-state index is 10.1. The molecule has 0 rings (SSSR count). The summed E-state index contributed by atoms with van der Waals surface area (Å²) < 4.78 is 4.32. The minimum Gasteiger partial charge on any atom is -0.369 e. The molecule has 125 valence electrons. The SMILES string of the molecule is CC(O)C(=O)[O-].CC(O)C(=O)[O-].CC(O)C(=O)[O][Hg].[NH4+].[NH4+]. The summed E-state index contributed by atoms with van der Waals surface area (Å²) in [5.74, 6) is -3.38. The molecule has 11 nitrogen and oxygen atoms in total. The molecule has 0 amide bonds. The van der Waals surface area contributed by atoms with E-state index in [1.165, 1.54) is 6.92 Å². The molecule has 0 radical (unpaired) electrons. The molecule has 0 fully saturated rings. The van der Waals surface area contributed by atoms with Gasteiger partial charge in [-0.25, -0.2) is 0 Å². The van der Waals surface area contributed by atoms with Gasteiger partial charge in [-0.3, -0.25) is 0 Å². The normalized spacial score (nSPS) is 12.2. The van der Waals surface area contributed by atoms with Gasteiger partial charge in [-0.2, -0.15) is 0 Å². The van der Waals surface area contributed by atoms with E-state index in [2.05, 4.69) is 2.64 Å². The molecule has 0 aromatic heterocycles. The van der Waals surface area contributed by atoms with Crippen LogP contribution in [0.1, 0.15) is 20.8 Å². The summed E-state index contributed by atoms with van der Waals surface area (Å²) >= 11 is 0.0131. The number of quaternary nitrogens is 2. The quantitative estimate of drug-likeness (QED) is 0.238. The summed E-state index contributed by atoms with van der Waals surface area (Å²) in [6.45, 7) is 3.65. The maximum Gasteiger partial charge on any atom is -0.369 e. The Kier molecular flexibility index (Phi) is 29.3. The Hall–Kier alpha value is -0.855. The Bertz CT molecular complexity index is 266. The number of carboxylic acid groups (broad SMARTS) is 2. The summed E-state index contributed by atoms with van der Waals surface area (Å²) in [6, 6.07) is 0. The van der Waals surface area contributed by atoms with Crippen LogP contribution in [0.2, 0.25) is 0 Å². The van der Waals surface area contributed by atoms with Gasteiger partial charge in [0.2, 0.25) is 0 Å². The third-order valence-electron chi connectivity index (χ3n) is 1.17. The standard InChI is InChI=1S/3C3H6O3.Hg.2H3N/c3*1-2(4)3(5)6;;;/h3*2,4H,1H3,(H,5,6);;2*1H3/q;;;+1;;/p-1. The third kappa shape index (κ3) is 32.6. The number of carbonyl (C=O) groups is 3. The van der Waals surface area contributed by atoms with Crippen molar-refractivity contribution in [2.24, 2.45) is 0 Å². The van der Waals surface area contributed by atoms with Gasteiger partial charge < -0.3 is 42.3 Å². The van der Waals surface area contributed by atoms with Crippen molar-refractivity contribution in [1.82, 2.24) is 12.3 Å². The molecule has 0 aromatic carbocycles. The molecule has 11 N–H and O–H groups in total. The van der Waals surface area contributed by atoms with Gasteiger partial charge in [0.15, 0.2) is 0 Å². The Balaban J connectivity index is -0.0000000584. The maximum atomic E-state index is 10.1. The number of hydrogen-bond donors (Lipinski definition) is 5. The van der Waals surface area contributed by atoms with Gasteiger partial charge >= 0.3 is 58.1 Å². The Morgan fingerprint density at radius 1 is 0.857 bits per heavy atom. The summed E-state index contributed by atoms with van der Waals surface area (Å²) in [5, 5.41) is 43.0. The van der Waals surface area contributed by atoms with Gasteiger partial charge in [0.1, 0.15) is 0 Å². The van der Waals surface area contributed by atoms with Crippen LogP contribution in [0.3, 0.4) is 0 Å². The van der Waals surface area contributed by atoms with E-state index in [9.17, 15) is 24.6 Å². The zero-order valence-electron chi connectivity index (χ0n) is 12.7. The second-order valence-electron chi connectivity index (χ2n) is 3.13. The fourth-order valence-electron chi connectivity index (χ4n) is 0.121. The van der Waals surface area contributed by atoms with Crippen molar-refractivity contribution >= 4 is 17.9 Å². The van der Waals surface area contributed by atoms with E-state index in [4.69, 9.17) is 15.3 Å². The minimum atomic E-state index is -1.44. The molecule has 3 unspecified atom stereocenters. The second kappa shape index (κ2) is 19.1. The number of aliphatic carboxylic acids is 2. The Labute approximate surface area is 138 Å². The van der Waals surface area contributed by atoms with Crippen LogP contribution in [0.15, 0.2) is 0 Å². The predicted octanol–water partition coefficient (Wildman–Crippen LogP) is -3.64. The van der Waals surface area contributed by atoms with Crippen molar-refractivity contribution in [1.29, 1.82) is 0 Å². The first-order chi connectivity index (χ1) is 8.47. The van der Waals surface area contributed by atoms with Gasteiger partial charge in [0.05, 0.1) is 24.1 Å². The fraction of sp³-hybridized carbons (Fsp3) is 0.667. The number of hydrogen-bond acceptors (Lipinski definition) is 9. The van der Waals surface area contributed by atoms with Crippen LogP contribution in [0.5, 0.6) is 0 Å². The minimum absolute atomic E-state index is 0. The first kappa shape index (κ1) is 32.2. The topological polar surface area (TPSA) is 240 Å².